The van der Waals surface area contributed by atoms with Crippen molar-refractivity contribution >= 4 is 70.0 Å². The van der Waals surface area contributed by atoms with E-state index in [9.17, 15) is 24.3 Å². The lowest BCUT2D eigenvalue weighted by molar-refractivity contribution is -0.121. The maximum atomic E-state index is 12.9. The van der Waals surface area contributed by atoms with Gasteiger partial charge in [0, 0.05) is 17.0 Å². The van der Waals surface area contributed by atoms with Crippen LogP contribution < -0.4 is 10.2 Å². The van der Waals surface area contributed by atoms with Crippen molar-refractivity contribution < 1.29 is 24.3 Å². The number of imide groups is 1. The second kappa shape index (κ2) is 9.89. The van der Waals surface area contributed by atoms with Gasteiger partial charge in [-0.25, -0.2) is 9.69 Å². The van der Waals surface area contributed by atoms with Crippen LogP contribution in [0.3, 0.4) is 0 Å². The van der Waals surface area contributed by atoms with Gasteiger partial charge in [-0.15, -0.1) is 11.8 Å². The molecule has 1 atom stereocenters. The Balaban J connectivity index is 1.43. The van der Waals surface area contributed by atoms with Crippen LogP contribution in [0.1, 0.15) is 27.1 Å². The molecular formula is C24H16Cl2N2O5S. The summed E-state index contributed by atoms with van der Waals surface area (Å²) < 4.78 is 0. The van der Waals surface area contributed by atoms with Gasteiger partial charge < -0.3 is 10.4 Å². The number of halogens is 2. The molecular weight excluding hydrogens is 499 g/mol. The van der Waals surface area contributed by atoms with Crippen LogP contribution in [0.2, 0.25) is 10.0 Å². The standard InChI is InChI=1S/C24H16Cl2N2O5S/c25-18-10-7-14(11-19(18)26)28-21(29)12-20(23(28)31)34-15-8-5-13(6-9-15)27-22(30)16-3-1-2-4-17(16)24(32)33/h1-11,20H,12H2,(H,27,30)(H,32,33)/t20-/m1/s1. The van der Waals surface area contributed by atoms with E-state index in [0.29, 0.717) is 16.4 Å². The molecule has 34 heavy (non-hydrogen) atoms. The number of nitrogens with one attached hydrogen (secondary N) is 1. The maximum Gasteiger partial charge on any atom is 0.336 e. The summed E-state index contributed by atoms with van der Waals surface area (Å²) >= 11 is 13.2. The number of rotatable bonds is 6. The highest BCUT2D eigenvalue weighted by molar-refractivity contribution is 8.00. The molecule has 0 aliphatic carbocycles. The fraction of sp³-hybridized carbons (Fsp3) is 0.0833. The van der Waals surface area contributed by atoms with E-state index in [1.54, 1.807) is 42.5 Å². The van der Waals surface area contributed by atoms with Crippen molar-refractivity contribution in [3.8, 4) is 0 Å². The maximum absolute atomic E-state index is 12.9. The van der Waals surface area contributed by atoms with Crippen LogP contribution in [-0.2, 0) is 9.59 Å². The van der Waals surface area contributed by atoms with Crippen LogP contribution in [0.15, 0.2) is 71.6 Å². The number of carboxylic acid groups (broad SMARTS) is 1. The van der Waals surface area contributed by atoms with Gasteiger partial charge in [0.2, 0.25) is 11.8 Å². The highest BCUT2D eigenvalue weighted by atomic mass is 35.5. The van der Waals surface area contributed by atoms with Crippen molar-refractivity contribution in [2.75, 3.05) is 10.2 Å². The van der Waals surface area contributed by atoms with Crippen LogP contribution in [0.5, 0.6) is 0 Å². The normalized spacial score (nSPS) is 15.5. The molecule has 1 saturated heterocycles. The number of carbonyl (C=O) groups excluding carboxylic acids is 3. The zero-order valence-corrected chi connectivity index (χ0v) is 19.7. The minimum Gasteiger partial charge on any atom is -0.478 e. The van der Waals surface area contributed by atoms with E-state index in [4.69, 9.17) is 23.2 Å². The lowest BCUT2D eigenvalue weighted by atomic mass is 10.1. The molecule has 1 aliphatic heterocycles. The molecule has 3 aromatic carbocycles. The summed E-state index contributed by atoms with van der Waals surface area (Å²) in [6.07, 6.45) is 0.0359. The van der Waals surface area contributed by atoms with Gasteiger partial charge in [-0.3, -0.25) is 14.4 Å². The molecule has 1 heterocycles. The molecule has 7 nitrogen and oxygen atoms in total. The number of aromatic carboxylic acids is 1. The molecule has 10 heteroatoms. The van der Waals surface area contributed by atoms with Gasteiger partial charge in [0.05, 0.1) is 32.1 Å². The minimum atomic E-state index is -1.19. The third-order valence-corrected chi connectivity index (χ3v) is 7.00. The van der Waals surface area contributed by atoms with Crippen molar-refractivity contribution in [3.63, 3.8) is 0 Å². The third kappa shape index (κ3) is 4.94. The Morgan fingerprint density at radius 2 is 1.62 bits per heavy atom. The van der Waals surface area contributed by atoms with Crippen LogP contribution in [0.4, 0.5) is 11.4 Å². The quantitative estimate of drug-likeness (QED) is 0.428. The highest BCUT2D eigenvalue weighted by Gasteiger charge is 2.40. The lowest BCUT2D eigenvalue weighted by Gasteiger charge is -2.15. The van der Waals surface area contributed by atoms with Gasteiger partial charge in [0.15, 0.2) is 0 Å². The second-order valence-corrected chi connectivity index (χ2v) is 9.40. The Bertz CT molecular complexity index is 1310. The zero-order valence-electron chi connectivity index (χ0n) is 17.3. The summed E-state index contributed by atoms with van der Waals surface area (Å²) in [4.78, 5) is 51.0. The van der Waals surface area contributed by atoms with Crippen molar-refractivity contribution in [2.24, 2.45) is 0 Å². The summed E-state index contributed by atoms with van der Waals surface area (Å²) in [7, 11) is 0. The summed E-state index contributed by atoms with van der Waals surface area (Å²) in [5, 5.41) is 11.9. The first-order valence-electron chi connectivity index (χ1n) is 9.97. The minimum absolute atomic E-state index is 0.0359. The van der Waals surface area contributed by atoms with Gasteiger partial charge in [-0.2, -0.15) is 0 Å². The number of thioether (sulfide) groups is 1. The number of carboxylic acids is 1. The number of anilines is 2. The molecule has 1 fully saturated rings. The van der Waals surface area contributed by atoms with E-state index < -0.39 is 17.1 Å². The number of nitrogens with zero attached hydrogens (tertiary/aromatic N) is 1. The molecule has 1 aliphatic rings. The van der Waals surface area contributed by atoms with Crippen LogP contribution in [0.25, 0.3) is 0 Å². The second-order valence-electron chi connectivity index (χ2n) is 7.31. The first kappa shape index (κ1) is 23.8. The first-order chi connectivity index (χ1) is 16.2. The summed E-state index contributed by atoms with van der Waals surface area (Å²) in [5.74, 6) is -2.42. The number of benzene rings is 3. The van der Waals surface area contributed by atoms with Crippen LogP contribution in [-0.4, -0.2) is 34.0 Å². The van der Waals surface area contributed by atoms with Crippen molar-refractivity contribution in [1.29, 1.82) is 0 Å². The first-order valence-corrected chi connectivity index (χ1v) is 11.6. The van der Waals surface area contributed by atoms with Crippen LogP contribution in [0, 0.1) is 0 Å². The predicted octanol–water partition coefficient (Wildman–Crippen LogP) is 5.37. The predicted molar refractivity (Wildman–Crippen MR) is 131 cm³/mol. The lowest BCUT2D eigenvalue weighted by Crippen LogP contribution is -2.31. The number of hydrogen-bond donors (Lipinski definition) is 2. The fourth-order valence-corrected chi connectivity index (χ4v) is 4.78. The molecule has 2 N–H and O–H groups in total. The Labute approximate surface area is 208 Å². The van der Waals surface area contributed by atoms with Crippen molar-refractivity contribution in [2.45, 2.75) is 16.6 Å². The summed E-state index contributed by atoms with van der Waals surface area (Å²) in [6.45, 7) is 0. The molecule has 3 aromatic rings. The third-order valence-electron chi connectivity index (χ3n) is 5.06. The average molecular weight is 515 g/mol. The average Bonchev–Trinajstić information content (AvgIpc) is 3.09. The fourth-order valence-electron chi connectivity index (χ4n) is 3.44. The number of amides is 3. The summed E-state index contributed by atoms with van der Waals surface area (Å²) in [5.41, 5.74) is 0.780. The Kier molecular flexibility index (Phi) is 6.92. The van der Waals surface area contributed by atoms with E-state index >= 15 is 0 Å². The molecule has 0 aromatic heterocycles. The van der Waals surface area contributed by atoms with Gasteiger partial charge >= 0.3 is 5.97 Å². The van der Waals surface area contributed by atoms with E-state index in [1.807, 2.05) is 0 Å². The highest BCUT2D eigenvalue weighted by Crippen LogP contribution is 2.36. The molecule has 0 saturated carbocycles. The van der Waals surface area contributed by atoms with Gasteiger partial charge in [-0.1, -0.05) is 35.3 Å². The van der Waals surface area contributed by atoms with E-state index in [0.717, 1.165) is 9.80 Å². The number of hydrogen-bond acceptors (Lipinski definition) is 5. The number of carbonyl (C=O) groups is 4. The molecule has 0 bridgehead atoms. The van der Waals surface area contributed by atoms with Gasteiger partial charge in [0.1, 0.15) is 0 Å². The van der Waals surface area contributed by atoms with Gasteiger partial charge in [-0.05, 0) is 54.6 Å². The van der Waals surface area contributed by atoms with Gasteiger partial charge in [0.25, 0.3) is 5.91 Å². The van der Waals surface area contributed by atoms with Crippen molar-refractivity contribution in [3.05, 3.63) is 87.9 Å². The Morgan fingerprint density at radius 3 is 2.26 bits per heavy atom. The van der Waals surface area contributed by atoms with Crippen LogP contribution >= 0.6 is 35.0 Å². The molecule has 172 valence electrons. The molecule has 4 rings (SSSR count). The molecule has 3 amide bonds. The monoisotopic (exact) mass is 514 g/mol. The van der Waals surface area contributed by atoms with Crippen molar-refractivity contribution in [1.82, 2.24) is 0 Å². The van der Waals surface area contributed by atoms with E-state index in [1.165, 1.54) is 36.0 Å². The van der Waals surface area contributed by atoms with E-state index in [2.05, 4.69) is 5.32 Å². The molecule has 0 spiro atoms. The summed E-state index contributed by atoms with van der Waals surface area (Å²) in [6, 6.07) is 17.2. The largest absolute Gasteiger partial charge is 0.478 e. The SMILES string of the molecule is O=C(O)c1ccccc1C(=O)Nc1ccc(S[C@@H]2CC(=O)N(c3ccc(Cl)c(Cl)c3)C2=O)cc1. The Hall–Kier alpha value is -3.33. The molecule has 0 unspecified atom stereocenters. The topological polar surface area (TPSA) is 104 Å². The Morgan fingerprint density at radius 1 is 0.941 bits per heavy atom. The zero-order chi connectivity index (χ0) is 24.4. The molecule has 0 radical (unpaired) electrons. The van der Waals surface area contributed by atoms with E-state index in [-0.39, 0.29) is 34.4 Å². The smallest absolute Gasteiger partial charge is 0.336 e.